The molecular weight excluding hydrogens is 618 g/mol. The smallest absolute Gasteiger partial charge is 0.127 e. The van der Waals surface area contributed by atoms with Gasteiger partial charge in [-0.3, -0.25) is 19.9 Å². The second-order valence-corrected chi connectivity index (χ2v) is 11.9. The minimum atomic E-state index is 0.509. The molecule has 0 saturated heterocycles. The summed E-state index contributed by atoms with van der Waals surface area (Å²) in [6.07, 6.45) is 12.5. The molecule has 0 radical (unpaired) electrons. The first-order valence-electron chi connectivity index (χ1n) is 16.1. The highest BCUT2D eigenvalue weighted by molar-refractivity contribution is 6.30. The van der Waals surface area contributed by atoms with E-state index >= 15 is 0 Å². The predicted molar refractivity (Wildman–Crippen MR) is 201 cm³/mol. The highest BCUT2D eigenvalue weighted by atomic mass is 35.5. The van der Waals surface area contributed by atoms with Crippen LogP contribution in [0.5, 0.6) is 17.2 Å². The second-order valence-electron chi connectivity index (χ2n) is 11.4. The molecule has 1 aromatic heterocycles. The topological polar surface area (TPSA) is 71.3 Å². The first-order valence-corrected chi connectivity index (χ1v) is 16.5. The molecule has 1 N–H and O–H groups in total. The van der Waals surface area contributed by atoms with Crippen LogP contribution in [0.25, 0.3) is 5.70 Å². The molecule has 0 fully saturated rings. The first-order chi connectivity index (χ1) is 23.4. The van der Waals surface area contributed by atoms with Crippen molar-refractivity contribution < 1.29 is 9.47 Å². The number of anilines is 1. The number of aromatic nitrogens is 1. The predicted octanol–water partition coefficient (Wildman–Crippen LogP) is 10.1. The van der Waals surface area contributed by atoms with Gasteiger partial charge in [0, 0.05) is 54.5 Å². The van der Waals surface area contributed by atoms with Crippen molar-refractivity contribution in [2.24, 2.45) is 15.9 Å². The van der Waals surface area contributed by atoms with Crippen LogP contribution in [-0.4, -0.2) is 42.5 Å². The number of hydrogen-bond donors (Lipinski definition) is 1. The number of nitrogens with zero attached hydrogens (tertiary/aromatic N) is 4. The molecule has 0 atom stereocenters. The molecule has 0 amide bonds. The van der Waals surface area contributed by atoms with Crippen LogP contribution in [0.4, 0.5) is 5.69 Å². The van der Waals surface area contributed by atoms with Crippen molar-refractivity contribution in [2.45, 2.75) is 33.7 Å². The van der Waals surface area contributed by atoms with Gasteiger partial charge < -0.3 is 14.8 Å². The number of nitrogens with one attached hydrogen (secondary N) is 1. The van der Waals surface area contributed by atoms with Gasteiger partial charge in [-0.15, -0.1) is 0 Å². The molecule has 4 rings (SSSR count). The van der Waals surface area contributed by atoms with Gasteiger partial charge >= 0.3 is 0 Å². The zero-order chi connectivity index (χ0) is 34.0. The fourth-order valence-corrected chi connectivity index (χ4v) is 4.63. The molecule has 0 spiro atoms. The van der Waals surface area contributed by atoms with Gasteiger partial charge in [-0.05, 0) is 117 Å². The maximum atomic E-state index is 6.17. The average molecular weight is 662 g/mol. The molecular formula is C40H44ClN5O2. The number of rotatable bonds is 18. The van der Waals surface area contributed by atoms with Gasteiger partial charge in [-0.1, -0.05) is 43.7 Å². The van der Waals surface area contributed by atoms with Gasteiger partial charge in [0.05, 0.1) is 17.1 Å². The minimum absolute atomic E-state index is 0.509. The number of ether oxygens (including phenoxy) is 2. The molecule has 8 heteroatoms. The summed E-state index contributed by atoms with van der Waals surface area (Å²) in [5.74, 6) is 2.77. The van der Waals surface area contributed by atoms with E-state index in [9.17, 15) is 0 Å². The maximum Gasteiger partial charge on any atom is 0.127 e. The summed E-state index contributed by atoms with van der Waals surface area (Å²) < 4.78 is 12.1. The second kappa shape index (κ2) is 19.6. The molecule has 0 saturated carbocycles. The Morgan fingerprint density at radius 2 is 1.67 bits per heavy atom. The molecule has 3 aromatic carbocycles. The van der Waals surface area contributed by atoms with Crippen LogP contribution in [0.15, 0.2) is 137 Å². The van der Waals surface area contributed by atoms with Crippen molar-refractivity contribution in [1.29, 1.82) is 0 Å². The van der Waals surface area contributed by atoms with E-state index in [4.69, 9.17) is 26.1 Å². The molecule has 0 unspecified atom stereocenters. The fraction of sp³-hybridized carbons (Fsp3) is 0.225. The van der Waals surface area contributed by atoms with E-state index in [-0.39, 0.29) is 0 Å². The zero-order valence-electron chi connectivity index (χ0n) is 27.9. The molecule has 7 nitrogen and oxygen atoms in total. The molecule has 248 valence electrons. The summed E-state index contributed by atoms with van der Waals surface area (Å²) in [6.45, 7) is 12.6. The van der Waals surface area contributed by atoms with Crippen molar-refractivity contribution >= 4 is 35.9 Å². The molecule has 1 heterocycles. The van der Waals surface area contributed by atoms with Crippen LogP contribution in [0.1, 0.15) is 38.4 Å². The van der Waals surface area contributed by atoms with Gasteiger partial charge in [0.1, 0.15) is 23.9 Å². The number of halogens is 1. The quantitative estimate of drug-likeness (QED) is 0.0849. The van der Waals surface area contributed by atoms with Crippen molar-refractivity contribution in [3.05, 3.63) is 144 Å². The summed E-state index contributed by atoms with van der Waals surface area (Å²) in [6, 6.07) is 29.0. The average Bonchev–Trinajstić information content (AvgIpc) is 3.10. The number of benzene rings is 3. The molecule has 4 aromatic rings. The van der Waals surface area contributed by atoms with E-state index in [0.29, 0.717) is 37.2 Å². The Bertz CT molecular complexity index is 1660. The lowest BCUT2D eigenvalue weighted by atomic mass is 10.1. The van der Waals surface area contributed by atoms with Crippen LogP contribution in [0.2, 0.25) is 5.02 Å². The van der Waals surface area contributed by atoms with Gasteiger partial charge in [0.2, 0.25) is 0 Å². The molecule has 0 bridgehead atoms. The van der Waals surface area contributed by atoms with Gasteiger partial charge in [0.15, 0.2) is 0 Å². The lowest BCUT2D eigenvalue weighted by molar-refractivity contribution is 0.212. The Kier molecular flexibility index (Phi) is 14.7. The van der Waals surface area contributed by atoms with Crippen LogP contribution < -0.4 is 14.8 Å². The van der Waals surface area contributed by atoms with Crippen LogP contribution in [-0.2, 0) is 6.54 Å². The highest BCUT2D eigenvalue weighted by Gasteiger charge is 2.10. The Hall–Kier alpha value is -4.98. The first kappa shape index (κ1) is 35.9. The summed E-state index contributed by atoms with van der Waals surface area (Å²) in [7, 11) is 0. The lowest BCUT2D eigenvalue weighted by Crippen LogP contribution is -2.30. The fourth-order valence-electron chi connectivity index (χ4n) is 4.51. The number of hydrogen-bond acceptors (Lipinski definition) is 7. The van der Waals surface area contributed by atoms with E-state index in [1.54, 1.807) is 12.1 Å². The van der Waals surface area contributed by atoms with Crippen molar-refractivity contribution in [1.82, 2.24) is 9.88 Å². The summed E-state index contributed by atoms with van der Waals surface area (Å²) in [5, 5.41) is 4.06. The van der Waals surface area contributed by atoms with E-state index < -0.39 is 0 Å². The zero-order valence-corrected chi connectivity index (χ0v) is 28.7. The molecule has 0 aliphatic carbocycles. The Morgan fingerprint density at radius 1 is 0.958 bits per heavy atom. The van der Waals surface area contributed by atoms with E-state index in [1.165, 1.54) is 0 Å². The largest absolute Gasteiger partial charge is 0.492 e. The number of aliphatic imine (C=N–C) groups is 2. The van der Waals surface area contributed by atoms with Crippen LogP contribution in [0, 0.1) is 5.92 Å². The molecule has 0 aliphatic heterocycles. The third kappa shape index (κ3) is 12.7. The number of allylic oxidation sites excluding steroid dienone is 3. The standard InChI is InChI=1S/C40H44ClN5O2/c1-5-6-9-35(42-4)29-46(30-36-10-7-8-24-43-36)26-27-47-37-17-11-32(12-18-37)40(44-25-23-31(2)3)28-45-34-15-21-39(22-16-34)48-38-19-13-33(41)14-20-38/h5-22,24-25,28,31,45H,4,23,26-27,29-30H2,1-3H3/b6-5-,35-9-,40-28-,44-25?. The van der Waals surface area contributed by atoms with E-state index in [2.05, 4.69) is 40.8 Å². The summed E-state index contributed by atoms with van der Waals surface area (Å²) >= 11 is 5.98. The summed E-state index contributed by atoms with van der Waals surface area (Å²) in [5.41, 5.74) is 4.60. The Balaban J connectivity index is 1.39. The van der Waals surface area contributed by atoms with Crippen molar-refractivity contribution in [3.8, 4) is 17.2 Å². The van der Waals surface area contributed by atoms with E-state index in [0.717, 1.165) is 52.0 Å². The Labute approximate surface area is 290 Å². The highest BCUT2D eigenvalue weighted by Crippen LogP contribution is 2.25. The van der Waals surface area contributed by atoms with Crippen LogP contribution in [0.3, 0.4) is 0 Å². The van der Waals surface area contributed by atoms with Gasteiger partial charge in [-0.25, -0.2) is 0 Å². The number of pyridine rings is 1. The molecule has 0 aliphatic rings. The SMILES string of the molecule is C=N/C(=C\C=C/C)CN(CCOc1ccc(/C(=C/Nc2ccc(Oc3ccc(Cl)cc3)cc2)N=CCC(C)C)cc1)Cc1ccccn1. The lowest BCUT2D eigenvalue weighted by Gasteiger charge is -2.22. The normalized spacial score (nSPS) is 12.3. The molecule has 48 heavy (non-hydrogen) atoms. The maximum absolute atomic E-state index is 6.17. The Morgan fingerprint density at radius 3 is 2.31 bits per heavy atom. The minimum Gasteiger partial charge on any atom is -0.492 e. The van der Waals surface area contributed by atoms with Gasteiger partial charge in [-0.2, -0.15) is 0 Å². The van der Waals surface area contributed by atoms with Crippen molar-refractivity contribution in [2.75, 3.05) is 25.0 Å². The third-order valence-corrected chi connectivity index (χ3v) is 7.35. The monoisotopic (exact) mass is 661 g/mol. The van der Waals surface area contributed by atoms with Crippen LogP contribution >= 0.6 is 11.6 Å². The summed E-state index contributed by atoms with van der Waals surface area (Å²) in [4.78, 5) is 15.8. The van der Waals surface area contributed by atoms with Gasteiger partial charge in [0.25, 0.3) is 0 Å². The van der Waals surface area contributed by atoms with Crippen molar-refractivity contribution in [3.63, 3.8) is 0 Å². The third-order valence-electron chi connectivity index (χ3n) is 7.09. The van der Waals surface area contributed by atoms with E-state index in [1.807, 2.05) is 123 Å².